The van der Waals surface area contributed by atoms with Gasteiger partial charge >= 0.3 is 6.03 Å². The highest BCUT2D eigenvalue weighted by Gasteiger charge is 2.31. The van der Waals surface area contributed by atoms with E-state index in [9.17, 15) is 22.8 Å². The molecular weight excluding hydrogens is 514 g/mol. The third kappa shape index (κ3) is 5.87. The second kappa shape index (κ2) is 11.3. The van der Waals surface area contributed by atoms with Crippen molar-refractivity contribution in [2.45, 2.75) is 62.9 Å². The molecule has 1 aromatic carbocycles. The molecule has 12 heteroatoms. The number of nitrogens with two attached hydrogens (primary N) is 1. The molecule has 1 aromatic heterocycles. The van der Waals surface area contributed by atoms with Gasteiger partial charge in [-0.3, -0.25) is 19.8 Å². The van der Waals surface area contributed by atoms with Gasteiger partial charge in [-0.2, -0.15) is 4.31 Å². The van der Waals surface area contributed by atoms with E-state index in [2.05, 4.69) is 22.5 Å². The molecule has 2 aromatic rings. The van der Waals surface area contributed by atoms with Gasteiger partial charge in [0.25, 0.3) is 11.8 Å². The quantitative estimate of drug-likeness (QED) is 0.486. The standard InChI is InChI=1S/C25H33N5O5S2/c1-3-30-14-13-19-20(15-30)36-24(21(19)23(32)28-25(26)33)27-22(31)16-9-11-18(12-10-16)37(34,35)29(2)17-7-5-4-6-8-17/h9-12,17H,3-8,13-15H2,1-2H3,(H,27,31)(H3,26,28,32,33). The van der Waals surface area contributed by atoms with Crippen LogP contribution in [0.25, 0.3) is 0 Å². The molecule has 1 saturated carbocycles. The van der Waals surface area contributed by atoms with Crippen LogP contribution in [0.5, 0.6) is 0 Å². The van der Waals surface area contributed by atoms with Crippen molar-refractivity contribution in [1.82, 2.24) is 14.5 Å². The maximum atomic E-state index is 13.1. The van der Waals surface area contributed by atoms with Gasteiger partial charge < -0.3 is 11.1 Å². The second-order valence-electron chi connectivity index (χ2n) is 9.44. The Bertz CT molecular complexity index is 1280. The van der Waals surface area contributed by atoms with E-state index >= 15 is 0 Å². The molecule has 37 heavy (non-hydrogen) atoms. The average molecular weight is 548 g/mol. The first-order chi connectivity index (χ1) is 17.6. The summed E-state index contributed by atoms with van der Waals surface area (Å²) in [7, 11) is -2.06. The summed E-state index contributed by atoms with van der Waals surface area (Å²) in [4.78, 5) is 40.5. The first kappa shape index (κ1) is 27.2. The Labute approximate surface area is 221 Å². The van der Waals surface area contributed by atoms with Crippen molar-refractivity contribution in [2.24, 2.45) is 5.73 Å². The highest BCUT2D eigenvalue weighted by Crippen LogP contribution is 2.37. The summed E-state index contributed by atoms with van der Waals surface area (Å²) in [6, 6.07) is 4.81. The maximum Gasteiger partial charge on any atom is 0.319 e. The van der Waals surface area contributed by atoms with Gasteiger partial charge in [0.15, 0.2) is 0 Å². The number of nitrogens with zero attached hydrogens (tertiary/aromatic N) is 2. The number of anilines is 1. The molecule has 4 N–H and O–H groups in total. The molecule has 4 amide bonds. The third-order valence-corrected chi connectivity index (χ3v) is 10.2. The third-order valence-electron chi connectivity index (χ3n) is 7.16. The van der Waals surface area contributed by atoms with Gasteiger partial charge in [0, 0.05) is 36.6 Å². The Hall–Kier alpha value is -2.80. The van der Waals surface area contributed by atoms with Crippen LogP contribution in [0.1, 0.15) is 70.2 Å². The largest absolute Gasteiger partial charge is 0.351 e. The summed E-state index contributed by atoms with van der Waals surface area (Å²) in [6.07, 6.45) is 5.48. The minimum absolute atomic E-state index is 0.0137. The molecule has 1 aliphatic heterocycles. The molecule has 0 spiro atoms. The predicted octanol–water partition coefficient (Wildman–Crippen LogP) is 3.14. The first-order valence-corrected chi connectivity index (χ1v) is 14.7. The highest BCUT2D eigenvalue weighted by atomic mass is 32.2. The number of hydrogen-bond donors (Lipinski definition) is 3. The van der Waals surface area contributed by atoms with Crippen LogP contribution in [0.3, 0.4) is 0 Å². The number of carbonyl (C=O) groups excluding carboxylic acids is 3. The molecule has 1 fully saturated rings. The predicted molar refractivity (Wildman–Crippen MR) is 142 cm³/mol. The van der Waals surface area contributed by atoms with Gasteiger partial charge in [0.1, 0.15) is 5.00 Å². The van der Waals surface area contributed by atoms with Crippen molar-refractivity contribution in [1.29, 1.82) is 0 Å². The number of urea groups is 1. The number of hydrogen-bond acceptors (Lipinski definition) is 7. The molecule has 0 bridgehead atoms. The topological polar surface area (TPSA) is 142 Å². The van der Waals surface area contributed by atoms with Gasteiger partial charge in [-0.1, -0.05) is 26.2 Å². The normalized spacial score (nSPS) is 16.8. The van der Waals surface area contributed by atoms with E-state index < -0.39 is 27.9 Å². The van der Waals surface area contributed by atoms with Crippen molar-refractivity contribution in [3.63, 3.8) is 0 Å². The molecule has 0 unspecified atom stereocenters. The summed E-state index contributed by atoms with van der Waals surface area (Å²) in [5.74, 6) is -1.14. The fourth-order valence-corrected chi connectivity index (χ4v) is 7.69. The Morgan fingerprint density at radius 2 is 1.78 bits per heavy atom. The van der Waals surface area contributed by atoms with Crippen molar-refractivity contribution in [3.05, 3.63) is 45.8 Å². The molecule has 0 radical (unpaired) electrons. The minimum Gasteiger partial charge on any atom is -0.351 e. The number of nitrogens with one attached hydrogen (secondary N) is 2. The van der Waals surface area contributed by atoms with E-state index in [1.54, 1.807) is 7.05 Å². The van der Waals surface area contributed by atoms with Crippen molar-refractivity contribution in [2.75, 3.05) is 25.5 Å². The molecule has 2 heterocycles. The van der Waals surface area contributed by atoms with Crippen molar-refractivity contribution < 1.29 is 22.8 Å². The van der Waals surface area contributed by atoms with E-state index in [1.165, 1.54) is 39.9 Å². The average Bonchev–Trinajstić information content (AvgIpc) is 3.25. The number of benzene rings is 1. The molecule has 2 aliphatic rings. The van der Waals surface area contributed by atoms with Gasteiger partial charge in [-0.25, -0.2) is 13.2 Å². The number of carbonyl (C=O) groups is 3. The highest BCUT2D eigenvalue weighted by molar-refractivity contribution is 7.89. The Balaban J connectivity index is 1.55. The Morgan fingerprint density at radius 3 is 2.41 bits per heavy atom. The van der Waals surface area contributed by atoms with E-state index in [-0.39, 0.29) is 22.1 Å². The van der Waals surface area contributed by atoms with E-state index in [0.717, 1.165) is 55.6 Å². The van der Waals surface area contributed by atoms with Crippen LogP contribution in [0.15, 0.2) is 29.2 Å². The van der Waals surface area contributed by atoms with E-state index in [0.29, 0.717) is 18.0 Å². The fourth-order valence-electron chi connectivity index (χ4n) is 4.99. The van der Waals surface area contributed by atoms with Crippen LogP contribution < -0.4 is 16.4 Å². The maximum absolute atomic E-state index is 13.1. The van der Waals surface area contributed by atoms with Crippen LogP contribution in [-0.4, -0.2) is 61.6 Å². The molecule has 10 nitrogen and oxygen atoms in total. The zero-order chi connectivity index (χ0) is 26.7. The van der Waals surface area contributed by atoms with Gasteiger partial charge in [-0.15, -0.1) is 11.3 Å². The number of sulfonamides is 1. The van der Waals surface area contributed by atoms with Crippen molar-refractivity contribution >= 4 is 44.2 Å². The first-order valence-electron chi connectivity index (χ1n) is 12.5. The summed E-state index contributed by atoms with van der Waals surface area (Å²) < 4.78 is 27.7. The number of primary amides is 1. The number of fused-ring (bicyclic) bond motifs is 1. The number of rotatable bonds is 7. The van der Waals surface area contributed by atoms with E-state index in [1.807, 2.05) is 0 Å². The lowest BCUT2D eigenvalue weighted by atomic mass is 9.96. The lowest BCUT2D eigenvalue weighted by Crippen LogP contribution is -2.38. The number of thiophene rings is 1. The zero-order valence-electron chi connectivity index (χ0n) is 21.1. The molecule has 4 rings (SSSR count). The molecular formula is C25H33N5O5S2. The van der Waals surface area contributed by atoms with Gasteiger partial charge in [0.05, 0.1) is 10.5 Å². The van der Waals surface area contributed by atoms with Gasteiger partial charge in [0.2, 0.25) is 10.0 Å². The van der Waals surface area contributed by atoms with Gasteiger partial charge in [-0.05, 0) is 55.6 Å². The summed E-state index contributed by atoms with van der Waals surface area (Å²) in [6.45, 7) is 4.31. The Kier molecular flexibility index (Phi) is 8.32. The molecule has 0 saturated heterocycles. The lowest BCUT2D eigenvalue weighted by molar-refractivity contribution is 0.0965. The molecule has 200 valence electrons. The Morgan fingerprint density at radius 1 is 1.11 bits per heavy atom. The fraction of sp³-hybridized carbons (Fsp3) is 0.480. The zero-order valence-corrected chi connectivity index (χ0v) is 22.7. The smallest absolute Gasteiger partial charge is 0.319 e. The van der Waals surface area contributed by atoms with Crippen LogP contribution in [-0.2, 0) is 23.0 Å². The second-order valence-corrected chi connectivity index (χ2v) is 12.5. The van der Waals surface area contributed by atoms with Crippen LogP contribution >= 0.6 is 11.3 Å². The summed E-state index contributed by atoms with van der Waals surface area (Å²) >= 11 is 1.30. The summed E-state index contributed by atoms with van der Waals surface area (Å²) in [5, 5.41) is 5.23. The van der Waals surface area contributed by atoms with Crippen molar-refractivity contribution in [3.8, 4) is 0 Å². The lowest BCUT2D eigenvalue weighted by Gasteiger charge is -2.30. The number of likely N-dealkylation sites (N-methyl/N-ethyl adjacent to an activating group) is 1. The SMILES string of the molecule is CCN1CCc2c(sc(NC(=O)c3ccc(S(=O)(=O)N(C)C4CCCCC4)cc3)c2C(=O)NC(N)=O)C1. The molecule has 1 aliphatic carbocycles. The van der Waals surface area contributed by atoms with Crippen LogP contribution in [0.2, 0.25) is 0 Å². The monoisotopic (exact) mass is 547 g/mol. The van der Waals surface area contributed by atoms with E-state index in [4.69, 9.17) is 5.73 Å². The van der Waals surface area contributed by atoms with Crippen LogP contribution in [0, 0.1) is 0 Å². The van der Waals surface area contributed by atoms with Crippen LogP contribution in [0.4, 0.5) is 9.80 Å². The number of imide groups is 1. The summed E-state index contributed by atoms with van der Waals surface area (Å²) in [5.41, 5.74) is 6.46. The minimum atomic E-state index is -3.68. The number of amides is 4. The molecule has 0 atom stereocenters.